The molecule has 0 rings (SSSR count). The fraction of sp³-hybridized carbons (Fsp3) is 0.688. The second-order valence-corrected chi connectivity index (χ2v) is 6.11. The summed E-state index contributed by atoms with van der Waals surface area (Å²) < 4.78 is 0. The highest BCUT2D eigenvalue weighted by atomic mass is 16.4. The van der Waals surface area contributed by atoms with Crippen molar-refractivity contribution in [1.29, 1.82) is 0 Å². The molecule has 6 atom stereocenters. The minimum absolute atomic E-state index is 0.505. The van der Waals surface area contributed by atoms with Gasteiger partial charge in [-0.2, -0.15) is 0 Å². The number of carboxylic acids is 5. The second-order valence-electron chi connectivity index (χ2n) is 6.11. The van der Waals surface area contributed by atoms with Gasteiger partial charge in [-0.25, -0.2) is 0 Å². The Morgan fingerprint density at radius 3 is 0.743 bits per heavy atom. The molecular formula is C16H37N5O14. The van der Waals surface area contributed by atoms with Gasteiger partial charge in [-0.15, -0.1) is 0 Å². The van der Waals surface area contributed by atoms with E-state index in [-0.39, 0.29) is 0 Å². The molecule has 0 heterocycles. The lowest BCUT2D eigenvalue weighted by Gasteiger charge is -2.06. The van der Waals surface area contributed by atoms with Crippen LogP contribution >= 0.6 is 0 Å². The summed E-state index contributed by atoms with van der Waals surface area (Å²) in [5.41, 5.74) is 24.0. The molecule has 0 fully saturated rings. The molecule has 19 N–H and O–H groups in total. The van der Waals surface area contributed by atoms with Crippen molar-refractivity contribution >= 4 is 29.8 Å². The van der Waals surface area contributed by atoms with Crippen molar-refractivity contribution in [2.75, 3.05) is 19.8 Å². The number of hydrogen-bond acceptors (Lipinski definition) is 14. The van der Waals surface area contributed by atoms with Crippen LogP contribution in [0.4, 0.5) is 0 Å². The largest absolute Gasteiger partial charge is 0.480 e. The van der Waals surface area contributed by atoms with Crippen LogP contribution in [0.5, 0.6) is 0 Å². The Morgan fingerprint density at radius 2 is 0.743 bits per heavy atom. The van der Waals surface area contributed by atoms with Crippen molar-refractivity contribution in [1.82, 2.24) is 0 Å². The molecule has 0 amide bonds. The highest BCUT2D eigenvalue weighted by Gasteiger charge is 2.16. The summed E-state index contributed by atoms with van der Waals surface area (Å²) >= 11 is 0. The first-order chi connectivity index (χ1) is 15.7. The van der Waals surface area contributed by atoms with Crippen LogP contribution in [-0.4, -0.2) is 132 Å². The third-order valence-electron chi connectivity index (χ3n) is 2.74. The van der Waals surface area contributed by atoms with Crippen LogP contribution in [0.2, 0.25) is 0 Å². The minimum Gasteiger partial charge on any atom is -0.480 e. The molecule has 0 aromatic rings. The number of aliphatic hydroxyl groups is 4. The Morgan fingerprint density at radius 1 is 0.543 bits per heavy atom. The zero-order valence-electron chi connectivity index (χ0n) is 19.0. The summed E-state index contributed by atoms with van der Waals surface area (Å²) in [4.78, 5) is 48.4. The summed E-state index contributed by atoms with van der Waals surface area (Å²) in [5, 5.41) is 72.1. The van der Waals surface area contributed by atoms with E-state index in [1.807, 2.05) is 0 Å². The average Bonchev–Trinajstić information content (AvgIpc) is 2.77. The lowest BCUT2D eigenvalue weighted by Crippen LogP contribution is -2.39. The number of rotatable bonds is 9. The van der Waals surface area contributed by atoms with Gasteiger partial charge in [0.25, 0.3) is 0 Å². The SMILES string of the molecule is C[C@@H](N)C(=O)O.C[C@@H](O)[C@H](N)C(=O)O.N[C@@H](CO)C(=O)O.N[C@@H](CO)C(=O)O.N[C@@H](CO)C(=O)O. The van der Waals surface area contributed by atoms with Crippen molar-refractivity contribution < 1.29 is 69.9 Å². The molecule has 35 heavy (non-hydrogen) atoms. The molecular weight excluding hydrogens is 486 g/mol. The van der Waals surface area contributed by atoms with Crippen molar-refractivity contribution in [2.45, 2.75) is 50.2 Å². The summed E-state index contributed by atoms with van der Waals surface area (Å²) in [6.45, 7) is 1.24. The molecule has 19 nitrogen and oxygen atoms in total. The molecule has 0 aliphatic carbocycles. The average molecular weight is 523 g/mol. The Balaban J connectivity index is -0.000000107. The van der Waals surface area contributed by atoms with Gasteiger partial charge < -0.3 is 74.6 Å². The van der Waals surface area contributed by atoms with Gasteiger partial charge in [0.05, 0.1) is 25.9 Å². The lowest BCUT2D eigenvalue weighted by molar-refractivity contribution is -0.141. The highest BCUT2D eigenvalue weighted by molar-refractivity contribution is 5.74. The third-order valence-corrected chi connectivity index (χ3v) is 2.74. The Hall–Kier alpha value is -3.01. The smallest absolute Gasteiger partial charge is 0.323 e. The van der Waals surface area contributed by atoms with Gasteiger partial charge in [-0.05, 0) is 13.8 Å². The monoisotopic (exact) mass is 523 g/mol. The normalized spacial score (nSPS) is 14.4. The Kier molecular flexibility index (Phi) is 30.9. The Bertz CT molecular complexity index is 558. The van der Waals surface area contributed by atoms with Gasteiger partial charge in [0.2, 0.25) is 0 Å². The van der Waals surface area contributed by atoms with Crippen LogP contribution in [0.1, 0.15) is 13.8 Å². The van der Waals surface area contributed by atoms with E-state index in [1.165, 1.54) is 13.8 Å². The van der Waals surface area contributed by atoms with Gasteiger partial charge in [-0.3, -0.25) is 24.0 Å². The van der Waals surface area contributed by atoms with E-state index in [1.54, 1.807) is 0 Å². The fourth-order valence-electron chi connectivity index (χ4n) is 0.441. The van der Waals surface area contributed by atoms with Crippen LogP contribution in [-0.2, 0) is 24.0 Å². The number of hydrogen-bond donors (Lipinski definition) is 14. The predicted octanol–water partition coefficient (Wildman–Crippen LogP) is -6.63. The molecule has 0 aliphatic rings. The summed E-state index contributed by atoms with van der Waals surface area (Å²) in [5.74, 6) is -5.68. The summed E-state index contributed by atoms with van der Waals surface area (Å²) in [6.07, 6.45) is -0.979. The first-order valence-corrected chi connectivity index (χ1v) is 9.17. The van der Waals surface area contributed by atoms with Gasteiger partial charge in [0.1, 0.15) is 30.2 Å². The predicted molar refractivity (Wildman–Crippen MR) is 117 cm³/mol. The van der Waals surface area contributed by atoms with Crippen molar-refractivity contribution in [3.63, 3.8) is 0 Å². The zero-order valence-corrected chi connectivity index (χ0v) is 19.0. The zero-order chi connectivity index (χ0) is 29.5. The summed E-state index contributed by atoms with van der Waals surface area (Å²) in [7, 11) is 0. The number of aliphatic hydroxyl groups excluding tert-OH is 4. The van der Waals surface area contributed by atoms with Gasteiger partial charge >= 0.3 is 29.8 Å². The van der Waals surface area contributed by atoms with E-state index >= 15 is 0 Å². The maximum absolute atomic E-state index is 9.86. The lowest BCUT2D eigenvalue weighted by atomic mass is 10.2. The third kappa shape index (κ3) is 35.8. The quantitative estimate of drug-likeness (QED) is 0.133. The van der Waals surface area contributed by atoms with Gasteiger partial charge in [0.15, 0.2) is 0 Å². The standard InChI is InChI=1S/C4H9NO3.3C3H7NO3.C3H7NO2/c1-2(6)3(5)4(7)8;3*4-2(1-5)3(6)7;1-2(4)3(5)6/h2-3,6H,5H2,1H3,(H,7,8);3*2,5H,1,4H2,(H,6,7);2H,4H2,1H3,(H,5,6)/t2-,3+;4*2-/m10001/s1. The molecule has 0 aliphatic heterocycles. The maximum atomic E-state index is 9.86. The molecule has 0 saturated carbocycles. The van der Waals surface area contributed by atoms with E-state index in [2.05, 4.69) is 0 Å². The topological polar surface area (TPSA) is 398 Å². The van der Waals surface area contributed by atoms with E-state index in [9.17, 15) is 24.0 Å². The van der Waals surface area contributed by atoms with Crippen LogP contribution in [0.3, 0.4) is 0 Å². The molecule has 0 radical (unpaired) electrons. The molecule has 0 spiro atoms. The minimum atomic E-state index is -1.18. The van der Waals surface area contributed by atoms with Crippen LogP contribution < -0.4 is 28.7 Å². The van der Waals surface area contributed by atoms with Gasteiger partial charge in [0, 0.05) is 0 Å². The highest BCUT2D eigenvalue weighted by Crippen LogP contribution is 1.85. The number of nitrogens with two attached hydrogens (primary N) is 5. The number of aliphatic carboxylic acids is 5. The first-order valence-electron chi connectivity index (χ1n) is 9.17. The first kappa shape index (κ1) is 42.2. The molecule has 0 unspecified atom stereocenters. The van der Waals surface area contributed by atoms with E-state index in [0.717, 1.165) is 0 Å². The van der Waals surface area contributed by atoms with Crippen molar-refractivity contribution in [3.8, 4) is 0 Å². The number of carbonyl (C=O) groups is 5. The molecule has 0 aromatic heterocycles. The molecule has 0 aromatic carbocycles. The van der Waals surface area contributed by atoms with Crippen molar-refractivity contribution in [2.24, 2.45) is 28.7 Å². The van der Waals surface area contributed by atoms with E-state index in [0.29, 0.717) is 0 Å². The van der Waals surface area contributed by atoms with Crippen LogP contribution in [0.15, 0.2) is 0 Å². The fourth-order valence-corrected chi connectivity index (χ4v) is 0.441. The number of carboxylic acid groups (broad SMARTS) is 5. The van der Waals surface area contributed by atoms with Crippen LogP contribution in [0.25, 0.3) is 0 Å². The van der Waals surface area contributed by atoms with E-state index < -0.39 is 86.0 Å². The van der Waals surface area contributed by atoms with E-state index in [4.69, 9.17) is 74.6 Å². The van der Waals surface area contributed by atoms with Crippen molar-refractivity contribution in [3.05, 3.63) is 0 Å². The second kappa shape index (κ2) is 25.6. The van der Waals surface area contributed by atoms with Gasteiger partial charge in [-0.1, -0.05) is 0 Å². The summed E-state index contributed by atoms with van der Waals surface area (Å²) in [6, 6.07) is -5.26. The molecule has 0 bridgehead atoms. The molecule has 0 saturated heterocycles. The maximum Gasteiger partial charge on any atom is 0.323 e. The van der Waals surface area contributed by atoms with Crippen LogP contribution in [0, 0.1) is 0 Å². The Labute approximate surface area is 199 Å². The molecule has 19 heteroatoms. The molecule has 210 valence electrons.